The highest BCUT2D eigenvalue weighted by atomic mass is 16.5. The highest BCUT2D eigenvalue weighted by molar-refractivity contribution is 5.98. The topological polar surface area (TPSA) is 48.3 Å². The Balaban J connectivity index is 3.13. The van der Waals surface area contributed by atoms with E-state index in [1.807, 2.05) is 20.8 Å². The van der Waals surface area contributed by atoms with Gasteiger partial charge in [0.15, 0.2) is 6.29 Å². The van der Waals surface area contributed by atoms with Gasteiger partial charge in [-0.15, -0.1) is 0 Å². The third kappa shape index (κ3) is 2.46. The molecule has 0 saturated carbocycles. The molecule has 0 fully saturated rings. The fraction of sp³-hybridized carbons (Fsp3) is 0.385. The molecular weight excluding hydrogens is 218 g/mol. The monoisotopic (exact) mass is 235 g/mol. The zero-order chi connectivity index (χ0) is 13.0. The van der Waals surface area contributed by atoms with Crippen LogP contribution in [0.5, 0.6) is 0 Å². The van der Waals surface area contributed by atoms with Crippen LogP contribution in [-0.2, 0) is 11.8 Å². The van der Waals surface area contributed by atoms with Crippen molar-refractivity contribution in [3.8, 4) is 0 Å². The first-order valence-electron chi connectivity index (χ1n) is 5.51. The predicted molar refractivity (Wildman–Crippen MR) is 65.1 cm³/mol. The van der Waals surface area contributed by atoms with Gasteiger partial charge in [0.2, 0.25) is 0 Å². The zero-order valence-corrected chi connectivity index (χ0v) is 10.6. The van der Waals surface area contributed by atoms with Crippen molar-refractivity contribution in [1.29, 1.82) is 0 Å². The molecule has 0 spiro atoms. The quantitative estimate of drug-likeness (QED) is 0.457. The van der Waals surface area contributed by atoms with Crippen LogP contribution < -0.4 is 0 Å². The molecule has 0 atom stereocenters. The number of esters is 1. The van der Waals surface area contributed by atoms with Crippen LogP contribution in [0.1, 0.15) is 45.4 Å². The molecule has 1 aromatic heterocycles. The van der Waals surface area contributed by atoms with E-state index in [1.165, 1.54) is 6.26 Å². The Hall–Kier alpha value is -1.84. The number of carbonyl (C=O) groups is 2. The molecule has 0 unspecified atom stereocenters. The summed E-state index contributed by atoms with van der Waals surface area (Å²) >= 11 is 0. The van der Waals surface area contributed by atoms with Gasteiger partial charge < -0.3 is 9.30 Å². The van der Waals surface area contributed by atoms with Crippen molar-refractivity contribution in [2.75, 3.05) is 0 Å². The first kappa shape index (κ1) is 13.2. The lowest BCUT2D eigenvalue weighted by Crippen LogP contribution is -2.10. The molecule has 17 heavy (non-hydrogen) atoms. The summed E-state index contributed by atoms with van der Waals surface area (Å²) in [6, 6.07) is 0. The fourth-order valence-electron chi connectivity index (χ4n) is 1.63. The van der Waals surface area contributed by atoms with Gasteiger partial charge in [0.25, 0.3) is 0 Å². The van der Waals surface area contributed by atoms with Crippen molar-refractivity contribution in [1.82, 2.24) is 4.57 Å². The molecule has 0 aliphatic carbocycles. The summed E-state index contributed by atoms with van der Waals surface area (Å²) < 4.78 is 6.64. The van der Waals surface area contributed by atoms with E-state index >= 15 is 0 Å². The third-order valence-corrected chi connectivity index (χ3v) is 2.86. The molecular formula is C13H17NO3. The van der Waals surface area contributed by atoms with Gasteiger partial charge in [-0.3, -0.25) is 4.79 Å². The second-order valence-corrected chi connectivity index (χ2v) is 3.83. The summed E-state index contributed by atoms with van der Waals surface area (Å²) in [7, 11) is 1.75. The Morgan fingerprint density at radius 1 is 1.41 bits per heavy atom. The van der Waals surface area contributed by atoms with E-state index in [1.54, 1.807) is 17.7 Å². The van der Waals surface area contributed by atoms with Crippen LogP contribution in [0.3, 0.4) is 0 Å². The molecule has 0 amide bonds. The van der Waals surface area contributed by atoms with Crippen molar-refractivity contribution in [2.24, 2.45) is 7.05 Å². The van der Waals surface area contributed by atoms with Gasteiger partial charge in [-0.25, -0.2) is 4.79 Å². The van der Waals surface area contributed by atoms with Gasteiger partial charge in [0.1, 0.15) is 5.69 Å². The molecule has 0 N–H and O–H groups in total. The maximum absolute atomic E-state index is 11.8. The molecule has 1 rings (SSSR count). The number of hydrogen-bond donors (Lipinski definition) is 0. The molecule has 4 heteroatoms. The Morgan fingerprint density at radius 3 is 2.59 bits per heavy atom. The van der Waals surface area contributed by atoms with Crippen LogP contribution in [0, 0.1) is 13.8 Å². The molecule has 92 valence electrons. The Kier molecular flexibility index (Phi) is 4.26. The highest BCUT2D eigenvalue weighted by Crippen LogP contribution is 2.20. The summed E-state index contributed by atoms with van der Waals surface area (Å²) in [5.74, 6) is -0.504. The fourth-order valence-corrected chi connectivity index (χ4v) is 1.63. The summed E-state index contributed by atoms with van der Waals surface area (Å²) in [5, 5.41) is 0. The molecule has 4 nitrogen and oxygen atoms in total. The van der Waals surface area contributed by atoms with Gasteiger partial charge in [-0.1, -0.05) is 6.92 Å². The number of aldehydes is 1. The SMILES string of the molecule is CCC=COC(=O)c1c(C=O)c(C)c(C)n1C. The minimum absolute atomic E-state index is 0.302. The summed E-state index contributed by atoms with van der Waals surface area (Å²) in [5.41, 5.74) is 2.41. The number of hydrogen-bond acceptors (Lipinski definition) is 3. The van der Waals surface area contributed by atoms with Crippen molar-refractivity contribution >= 4 is 12.3 Å². The van der Waals surface area contributed by atoms with Crippen LogP contribution in [0.25, 0.3) is 0 Å². The molecule has 0 radical (unpaired) electrons. The van der Waals surface area contributed by atoms with Crippen molar-refractivity contribution in [2.45, 2.75) is 27.2 Å². The van der Waals surface area contributed by atoms with Crippen molar-refractivity contribution in [3.05, 3.63) is 34.9 Å². The summed E-state index contributed by atoms with van der Waals surface area (Å²) in [4.78, 5) is 22.8. The second kappa shape index (κ2) is 5.48. The van der Waals surface area contributed by atoms with Crippen LogP contribution in [-0.4, -0.2) is 16.8 Å². The van der Waals surface area contributed by atoms with E-state index in [0.717, 1.165) is 17.7 Å². The van der Waals surface area contributed by atoms with Crippen LogP contribution in [0.15, 0.2) is 12.3 Å². The van der Waals surface area contributed by atoms with Gasteiger partial charge in [0, 0.05) is 12.7 Å². The van der Waals surface area contributed by atoms with E-state index in [4.69, 9.17) is 4.74 Å². The normalized spacial score (nSPS) is 10.8. The van der Waals surface area contributed by atoms with Crippen LogP contribution >= 0.6 is 0 Å². The van der Waals surface area contributed by atoms with E-state index in [2.05, 4.69) is 0 Å². The van der Waals surface area contributed by atoms with Crippen LogP contribution in [0.4, 0.5) is 0 Å². The first-order valence-corrected chi connectivity index (χ1v) is 5.51. The van der Waals surface area contributed by atoms with Gasteiger partial charge in [-0.2, -0.15) is 0 Å². The lowest BCUT2D eigenvalue weighted by Gasteiger charge is -2.03. The molecule has 0 aliphatic heterocycles. The number of ether oxygens (including phenoxy) is 1. The summed E-state index contributed by atoms with van der Waals surface area (Å²) in [6.45, 7) is 5.62. The molecule has 0 aliphatic rings. The maximum Gasteiger partial charge on any atom is 0.360 e. The smallest absolute Gasteiger partial charge is 0.360 e. The minimum atomic E-state index is -0.504. The zero-order valence-electron chi connectivity index (χ0n) is 10.6. The molecule has 1 aromatic rings. The molecule has 0 saturated heterocycles. The van der Waals surface area contributed by atoms with Gasteiger partial charge in [0.05, 0.1) is 11.8 Å². The number of allylic oxidation sites excluding steroid dienone is 1. The number of aromatic nitrogens is 1. The van der Waals surface area contributed by atoms with Crippen molar-refractivity contribution in [3.63, 3.8) is 0 Å². The van der Waals surface area contributed by atoms with E-state index in [0.29, 0.717) is 17.5 Å². The second-order valence-electron chi connectivity index (χ2n) is 3.83. The molecule has 0 bridgehead atoms. The summed E-state index contributed by atoms with van der Waals surface area (Å²) in [6.07, 6.45) is 4.58. The Labute approximate surface area is 101 Å². The third-order valence-electron chi connectivity index (χ3n) is 2.86. The Bertz CT molecular complexity index is 469. The van der Waals surface area contributed by atoms with Gasteiger partial charge >= 0.3 is 5.97 Å². The minimum Gasteiger partial charge on any atom is -0.430 e. The standard InChI is InChI=1S/C13H17NO3/c1-5-6-7-17-13(16)12-11(8-15)9(2)10(3)14(12)4/h6-8H,5H2,1-4H3. The van der Waals surface area contributed by atoms with E-state index in [9.17, 15) is 9.59 Å². The molecule has 0 aromatic carbocycles. The number of nitrogens with zero attached hydrogens (tertiary/aromatic N) is 1. The van der Waals surface area contributed by atoms with E-state index in [-0.39, 0.29) is 0 Å². The largest absolute Gasteiger partial charge is 0.430 e. The number of rotatable bonds is 4. The van der Waals surface area contributed by atoms with Crippen LogP contribution in [0.2, 0.25) is 0 Å². The lowest BCUT2D eigenvalue weighted by atomic mass is 10.1. The van der Waals surface area contributed by atoms with Crippen molar-refractivity contribution < 1.29 is 14.3 Å². The average Bonchev–Trinajstić information content (AvgIpc) is 2.53. The Morgan fingerprint density at radius 2 is 2.06 bits per heavy atom. The maximum atomic E-state index is 11.8. The van der Waals surface area contributed by atoms with Gasteiger partial charge in [-0.05, 0) is 31.9 Å². The highest BCUT2D eigenvalue weighted by Gasteiger charge is 2.21. The number of carbonyl (C=O) groups excluding carboxylic acids is 2. The lowest BCUT2D eigenvalue weighted by molar-refractivity contribution is 0.0649. The predicted octanol–water partition coefficient (Wildman–Crippen LogP) is 2.53. The molecule has 1 heterocycles. The first-order chi connectivity index (χ1) is 8.04. The average molecular weight is 235 g/mol. The van der Waals surface area contributed by atoms with E-state index < -0.39 is 5.97 Å².